The highest BCUT2D eigenvalue weighted by atomic mass is 32.1. The van der Waals surface area contributed by atoms with Crippen molar-refractivity contribution >= 4 is 28.2 Å². The van der Waals surface area contributed by atoms with Gasteiger partial charge in [-0.05, 0) is 55.7 Å². The Labute approximate surface area is 171 Å². The van der Waals surface area contributed by atoms with Gasteiger partial charge in [0.1, 0.15) is 5.75 Å². The van der Waals surface area contributed by atoms with Crippen LogP contribution in [0, 0.1) is 0 Å². The number of fused-ring (bicyclic) bond motifs is 1. The van der Waals surface area contributed by atoms with Gasteiger partial charge in [0, 0.05) is 36.2 Å². The van der Waals surface area contributed by atoms with Crippen LogP contribution in [-0.4, -0.2) is 47.9 Å². The van der Waals surface area contributed by atoms with Crippen molar-refractivity contribution in [1.29, 1.82) is 0 Å². The lowest BCUT2D eigenvalue weighted by molar-refractivity contribution is 0.0897. The van der Waals surface area contributed by atoms with E-state index >= 15 is 0 Å². The van der Waals surface area contributed by atoms with Crippen molar-refractivity contribution in [2.45, 2.75) is 45.3 Å². The number of aromatic nitrogens is 1. The molecule has 1 aromatic heterocycles. The van der Waals surface area contributed by atoms with E-state index in [1.165, 1.54) is 0 Å². The molecular weight excluding hydrogens is 374 g/mol. The largest absolute Gasteiger partial charge is 0.497 e. The number of methoxy groups -OCH3 is 1. The van der Waals surface area contributed by atoms with Crippen molar-refractivity contribution in [3.63, 3.8) is 0 Å². The molecule has 2 N–H and O–H groups in total. The zero-order valence-electron chi connectivity index (χ0n) is 16.6. The molecule has 1 aliphatic heterocycles. The first kappa shape index (κ1) is 20.6. The van der Waals surface area contributed by atoms with Crippen molar-refractivity contribution in [2.24, 2.45) is 0 Å². The Balaban J connectivity index is 1.82. The lowest BCUT2D eigenvalue weighted by Crippen LogP contribution is -2.44. The first-order valence-electron chi connectivity index (χ1n) is 9.95. The van der Waals surface area contributed by atoms with E-state index in [2.05, 4.69) is 22.1 Å². The Morgan fingerprint density at radius 3 is 3.00 bits per heavy atom. The van der Waals surface area contributed by atoms with E-state index in [0.29, 0.717) is 23.8 Å². The summed E-state index contributed by atoms with van der Waals surface area (Å²) in [7, 11) is 1.64. The SMILES string of the molecule is CCCCNC(=S)N(Cc1cc2cc(OC)ccc2[nH]c1=O)C[C@H]1CCCO1. The predicted molar refractivity (Wildman–Crippen MR) is 116 cm³/mol. The number of H-pyrrole nitrogens is 1. The van der Waals surface area contributed by atoms with Gasteiger partial charge in [-0.2, -0.15) is 0 Å². The first-order chi connectivity index (χ1) is 13.6. The van der Waals surface area contributed by atoms with Crippen LogP contribution >= 0.6 is 12.2 Å². The van der Waals surface area contributed by atoms with Gasteiger partial charge in [-0.15, -0.1) is 0 Å². The second-order valence-corrected chi connectivity index (χ2v) is 7.56. The molecule has 6 nitrogen and oxygen atoms in total. The fraction of sp³-hybridized carbons (Fsp3) is 0.524. The maximum atomic E-state index is 12.6. The Morgan fingerprint density at radius 1 is 1.43 bits per heavy atom. The fourth-order valence-electron chi connectivity index (χ4n) is 3.42. The number of unbranched alkanes of at least 4 members (excludes halogenated alkanes) is 1. The van der Waals surface area contributed by atoms with Crippen molar-refractivity contribution < 1.29 is 9.47 Å². The van der Waals surface area contributed by atoms with Crippen molar-refractivity contribution in [2.75, 3.05) is 26.8 Å². The standard InChI is InChI=1S/C21H29N3O3S/c1-3-4-9-22-21(28)24(14-18-6-5-10-27-18)13-16-11-15-12-17(26-2)7-8-19(15)23-20(16)25/h7-8,11-12,18H,3-6,9-10,13-14H2,1-2H3,(H,22,28)(H,23,25)/t18-/m1/s1. The van der Waals surface area contributed by atoms with E-state index in [1.54, 1.807) is 7.11 Å². The molecule has 0 amide bonds. The summed E-state index contributed by atoms with van der Waals surface area (Å²) < 4.78 is 11.1. The average molecular weight is 404 g/mol. The minimum atomic E-state index is -0.0913. The molecule has 2 heterocycles. The molecule has 0 saturated carbocycles. The molecule has 1 saturated heterocycles. The maximum absolute atomic E-state index is 12.6. The quantitative estimate of drug-likeness (QED) is 0.521. The molecular formula is C21H29N3O3S. The van der Waals surface area contributed by atoms with E-state index in [0.717, 1.165) is 55.5 Å². The van der Waals surface area contributed by atoms with Gasteiger partial charge in [-0.3, -0.25) is 4.79 Å². The molecule has 1 aromatic carbocycles. The predicted octanol–water partition coefficient (Wildman–Crippen LogP) is 3.19. The van der Waals surface area contributed by atoms with Crippen LogP contribution < -0.4 is 15.6 Å². The Kier molecular flexibility index (Phi) is 7.28. The molecule has 1 fully saturated rings. The van der Waals surface area contributed by atoms with Crippen molar-refractivity contribution in [3.05, 3.63) is 40.2 Å². The molecule has 0 unspecified atom stereocenters. The number of nitrogens with zero attached hydrogens (tertiary/aromatic N) is 1. The molecule has 1 aliphatic rings. The van der Waals surface area contributed by atoms with Crippen LogP contribution in [0.2, 0.25) is 0 Å². The van der Waals surface area contributed by atoms with Gasteiger partial charge in [-0.25, -0.2) is 0 Å². The summed E-state index contributed by atoms with van der Waals surface area (Å²) in [5, 5.41) is 4.94. The number of ether oxygens (including phenoxy) is 2. The summed E-state index contributed by atoms with van der Waals surface area (Å²) >= 11 is 5.63. The van der Waals surface area contributed by atoms with Crippen LogP contribution in [-0.2, 0) is 11.3 Å². The van der Waals surface area contributed by atoms with Crippen LogP contribution in [0.25, 0.3) is 10.9 Å². The fourth-order valence-corrected chi connectivity index (χ4v) is 3.66. The molecule has 3 rings (SSSR count). The van der Waals surface area contributed by atoms with Gasteiger partial charge in [0.05, 0.1) is 19.8 Å². The number of hydrogen-bond donors (Lipinski definition) is 2. The molecule has 2 aromatic rings. The topological polar surface area (TPSA) is 66.6 Å². The van der Waals surface area contributed by atoms with E-state index in [-0.39, 0.29) is 11.7 Å². The lowest BCUT2D eigenvalue weighted by Gasteiger charge is -2.28. The third kappa shape index (κ3) is 5.23. The summed E-state index contributed by atoms with van der Waals surface area (Å²) in [5.41, 5.74) is 1.38. The van der Waals surface area contributed by atoms with Crippen LogP contribution in [0.4, 0.5) is 0 Å². The number of aromatic amines is 1. The zero-order chi connectivity index (χ0) is 19.9. The van der Waals surface area contributed by atoms with E-state index < -0.39 is 0 Å². The van der Waals surface area contributed by atoms with Gasteiger partial charge in [0.15, 0.2) is 5.11 Å². The summed E-state index contributed by atoms with van der Waals surface area (Å²) in [4.78, 5) is 17.7. The van der Waals surface area contributed by atoms with Gasteiger partial charge in [0.2, 0.25) is 0 Å². The van der Waals surface area contributed by atoms with Gasteiger partial charge >= 0.3 is 0 Å². The van der Waals surface area contributed by atoms with E-state index in [1.807, 2.05) is 24.3 Å². The highest BCUT2D eigenvalue weighted by Crippen LogP contribution is 2.20. The molecule has 0 radical (unpaired) electrons. The van der Waals surface area contributed by atoms with Gasteiger partial charge in [-0.1, -0.05) is 13.3 Å². The monoisotopic (exact) mass is 403 g/mol. The molecule has 28 heavy (non-hydrogen) atoms. The van der Waals surface area contributed by atoms with Crippen molar-refractivity contribution in [1.82, 2.24) is 15.2 Å². The summed E-state index contributed by atoms with van der Waals surface area (Å²) in [5.74, 6) is 0.762. The molecule has 0 spiro atoms. The number of benzene rings is 1. The summed E-state index contributed by atoms with van der Waals surface area (Å²) in [6, 6.07) is 7.56. The molecule has 7 heteroatoms. The maximum Gasteiger partial charge on any atom is 0.253 e. The third-order valence-corrected chi connectivity index (χ3v) is 5.43. The van der Waals surface area contributed by atoms with Crippen LogP contribution in [0.1, 0.15) is 38.2 Å². The normalized spacial score (nSPS) is 16.3. The lowest BCUT2D eigenvalue weighted by atomic mass is 10.1. The van der Waals surface area contributed by atoms with Crippen LogP contribution in [0.3, 0.4) is 0 Å². The van der Waals surface area contributed by atoms with E-state index in [4.69, 9.17) is 21.7 Å². The average Bonchev–Trinajstić information content (AvgIpc) is 3.21. The smallest absolute Gasteiger partial charge is 0.253 e. The molecule has 1 atom stereocenters. The molecule has 152 valence electrons. The zero-order valence-corrected chi connectivity index (χ0v) is 17.4. The second kappa shape index (κ2) is 9.89. The summed E-state index contributed by atoms with van der Waals surface area (Å²) in [6.45, 7) is 4.92. The Bertz CT molecular complexity index is 862. The Morgan fingerprint density at radius 2 is 2.29 bits per heavy atom. The second-order valence-electron chi connectivity index (χ2n) is 7.18. The first-order valence-corrected chi connectivity index (χ1v) is 10.4. The van der Waals surface area contributed by atoms with Gasteiger partial charge < -0.3 is 24.7 Å². The number of pyridine rings is 1. The minimum Gasteiger partial charge on any atom is -0.497 e. The third-order valence-electron chi connectivity index (χ3n) is 5.03. The van der Waals surface area contributed by atoms with Crippen LogP contribution in [0.5, 0.6) is 5.75 Å². The highest BCUT2D eigenvalue weighted by molar-refractivity contribution is 7.80. The number of nitrogens with one attached hydrogen (secondary N) is 2. The summed E-state index contributed by atoms with van der Waals surface area (Å²) in [6.07, 6.45) is 4.42. The molecule has 0 bridgehead atoms. The number of hydrogen-bond acceptors (Lipinski definition) is 4. The minimum absolute atomic E-state index is 0.0913. The Hall–Kier alpha value is -2.12. The van der Waals surface area contributed by atoms with Crippen LogP contribution in [0.15, 0.2) is 29.1 Å². The molecule has 0 aliphatic carbocycles. The van der Waals surface area contributed by atoms with Gasteiger partial charge in [0.25, 0.3) is 5.56 Å². The highest BCUT2D eigenvalue weighted by Gasteiger charge is 2.22. The number of thiocarbonyl (C=S) groups is 1. The van der Waals surface area contributed by atoms with Crippen molar-refractivity contribution in [3.8, 4) is 5.75 Å². The van der Waals surface area contributed by atoms with E-state index in [9.17, 15) is 4.79 Å². The number of rotatable bonds is 8.